The van der Waals surface area contributed by atoms with Crippen molar-refractivity contribution in [2.45, 2.75) is 26.4 Å². The Labute approximate surface area is 133 Å². The highest BCUT2D eigenvalue weighted by Gasteiger charge is 2.26. The lowest BCUT2D eigenvalue weighted by molar-refractivity contribution is 0.0780. The summed E-state index contributed by atoms with van der Waals surface area (Å²) in [4.78, 5) is 14.3. The van der Waals surface area contributed by atoms with Gasteiger partial charge in [0.15, 0.2) is 5.69 Å². The Bertz CT molecular complexity index is 678. The van der Waals surface area contributed by atoms with Gasteiger partial charge in [0.2, 0.25) is 0 Å². The molecule has 0 aliphatic carbocycles. The average Bonchev–Trinajstić information content (AvgIpc) is 3.14. The Morgan fingerprint density at radius 1 is 1.41 bits per heavy atom. The summed E-state index contributed by atoms with van der Waals surface area (Å²) in [5.74, 6) is 1.16. The Kier molecular flexibility index (Phi) is 4.34. The van der Waals surface area contributed by atoms with Crippen molar-refractivity contribution in [1.29, 1.82) is 0 Å². The van der Waals surface area contributed by atoms with Gasteiger partial charge in [0.25, 0.3) is 5.91 Å². The third-order valence-electron chi connectivity index (χ3n) is 3.76. The monoisotopic (exact) mass is 320 g/mol. The maximum Gasteiger partial charge on any atom is 0.276 e. The van der Waals surface area contributed by atoms with Crippen molar-refractivity contribution in [1.82, 2.24) is 10.1 Å². The summed E-state index contributed by atoms with van der Waals surface area (Å²) in [5, 5.41) is 4.52. The number of benzene rings is 1. The second kappa shape index (κ2) is 6.40. The van der Waals surface area contributed by atoms with Crippen molar-refractivity contribution in [3.8, 4) is 5.75 Å². The van der Waals surface area contributed by atoms with Crippen LogP contribution in [0.4, 0.5) is 0 Å². The van der Waals surface area contributed by atoms with E-state index in [2.05, 4.69) is 5.16 Å². The first kappa shape index (κ1) is 14.9. The van der Waals surface area contributed by atoms with Crippen molar-refractivity contribution in [2.75, 3.05) is 13.1 Å². The number of hydrogen-bond acceptors (Lipinski definition) is 4. The van der Waals surface area contributed by atoms with Crippen LogP contribution in [-0.4, -0.2) is 29.1 Å². The van der Waals surface area contributed by atoms with E-state index in [-0.39, 0.29) is 12.5 Å². The molecule has 0 unspecified atom stereocenters. The Hall–Kier alpha value is -2.01. The van der Waals surface area contributed by atoms with E-state index in [0.29, 0.717) is 27.8 Å². The molecule has 0 N–H and O–H groups in total. The molecule has 22 heavy (non-hydrogen) atoms. The molecule has 0 spiro atoms. The SMILES string of the molecule is Cc1onc(C(=O)N2CCCC2)c1COc1cccc(Cl)c1. The molecule has 6 heteroatoms. The van der Waals surface area contributed by atoms with E-state index >= 15 is 0 Å². The lowest BCUT2D eigenvalue weighted by Crippen LogP contribution is -2.28. The Morgan fingerprint density at radius 2 is 2.18 bits per heavy atom. The van der Waals surface area contributed by atoms with Gasteiger partial charge in [-0.15, -0.1) is 0 Å². The predicted molar refractivity (Wildman–Crippen MR) is 82.2 cm³/mol. The second-order valence-electron chi connectivity index (χ2n) is 5.31. The third-order valence-corrected chi connectivity index (χ3v) is 3.99. The number of carbonyl (C=O) groups is 1. The van der Waals surface area contributed by atoms with Gasteiger partial charge in [0.05, 0.1) is 5.56 Å². The number of rotatable bonds is 4. The van der Waals surface area contributed by atoms with Gasteiger partial charge in [-0.2, -0.15) is 0 Å². The number of nitrogens with zero attached hydrogens (tertiary/aromatic N) is 2. The van der Waals surface area contributed by atoms with E-state index in [4.69, 9.17) is 20.9 Å². The number of amides is 1. The van der Waals surface area contributed by atoms with E-state index < -0.39 is 0 Å². The van der Waals surface area contributed by atoms with E-state index in [1.807, 2.05) is 12.1 Å². The molecule has 0 bridgehead atoms. The lowest BCUT2D eigenvalue weighted by Gasteiger charge is -2.14. The molecule has 1 aromatic carbocycles. The number of aromatic nitrogens is 1. The molecule has 1 aliphatic heterocycles. The van der Waals surface area contributed by atoms with Gasteiger partial charge in [-0.3, -0.25) is 4.79 Å². The molecule has 2 heterocycles. The van der Waals surface area contributed by atoms with Crippen LogP contribution < -0.4 is 4.74 Å². The maximum atomic E-state index is 12.5. The Morgan fingerprint density at radius 3 is 2.91 bits per heavy atom. The average molecular weight is 321 g/mol. The standard InChI is InChI=1S/C16H17ClN2O3/c1-11-14(10-21-13-6-4-5-12(17)9-13)15(18-22-11)16(20)19-7-2-3-8-19/h4-6,9H,2-3,7-8,10H2,1H3. The smallest absolute Gasteiger partial charge is 0.276 e. The highest BCUT2D eigenvalue weighted by atomic mass is 35.5. The topological polar surface area (TPSA) is 55.6 Å². The highest BCUT2D eigenvalue weighted by molar-refractivity contribution is 6.30. The molecule has 1 aliphatic rings. The van der Waals surface area contributed by atoms with Crippen LogP contribution >= 0.6 is 11.6 Å². The molecular formula is C16H17ClN2O3. The van der Waals surface area contributed by atoms with Gasteiger partial charge >= 0.3 is 0 Å². The van der Waals surface area contributed by atoms with Gasteiger partial charge in [0, 0.05) is 18.1 Å². The van der Waals surface area contributed by atoms with Gasteiger partial charge < -0.3 is 14.2 Å². The number of likely N-dealkylation sites (tertiary alicyclic amines) is 1. The highest BCUT2D eigenvalue weighted by Crippen LogP contribution is 2.22. The van der Waals surface area contributed by atoms with Crippen LogP contribution in [0.3, 0.4) is 0 Å². The van der Waals surface area contributed by atoms with Gasteiger partial charge in [-0.05, 0) is 38.0 Å². The van der Waals surface area contributed by atoms with Crippen molar-refractivity contribution in [3.05, 3.63) is 46.3 Å². The van der Waals surface area contributed by atoms with Gasteiger partial charge in [0.1, 0.15) is 18.1 Å². The van der Waals surface area contributed by atoms with Gasteiger partial charge in [-0.25, -0.2) is 0 Å². The van der Waals surface area contributed by atoms with Crippen molar-refractivity contribution < 1.29 is 14.1 Å². The molecule has 1 saturated heterocycles. The summed E-state index contributed by atoms with van der Waals surface area (Å²) in [6, 6.07) is 7.14. The van der Waals surface area contributed by atoms with Crippen LogP contribution in [0.5, 0.6) is 5.75 Å². The first-order valence-corrected chi connectivity index (χ1v) is 7.66. The zero-order valence-electron chi connectivity index (χ0n) is 12.3. The molecule has 3 rings (SSSR count). The molecule has 1 amide bonds. The van der Waals surface area contributed by atoms with Crippen LogP contribution in [0.2, 0.25) is 5.02 Å². The minimum absolute atomic E-state index is 0.0842. The molecule has 0 atom stereocenters. The Balaban J connectivity index is 1.76. The van der Waals surface area contributed by atoms with Crippen molar-refractivity contribution in [3.63, 3.8) is 0 Å². The van der Waals surface area contributed by atoms with E-state index in [1.165, 1.54) is 0 Å². The van der Waals surface area contributed by atoms with E-state index in [1.54, 1.807) is 24.0 Å². The third kappa shape index (κ3) is 3.09. The van der Waals surface area contributed by atoms with Crippen LogP contribution in [0.1, 0.15) is 34.7 Å². The van der Waals surface area contributed by atoms with Crippen molar-refractivity contribution in [2.24, 2.45) is 0 Å². The first-order chi connectivity index (χ1) is 10.6. The molecule has 1 aromatic heterocycles. The second-order valence-corrected chi connectivity index (χ2v) is 5.75. The zero-order chi connectivity index (χ0) is 15.5. The van der Waals surface area contributed by atoms with Crippen LogP contribution in [0, 0.1) is 6.92 Å². The zero-order valence-corrected chi connectivity index (χ0v) is 13.1. The summed E-state index contributed by atoms with van der Waals surface area (Å²) in [6.07, 6.45) is 2.08. The number of aryl methyl sites for hydroxylation is 1. The molecule has 1 fully saturated rings. The number of halogens is 1. The fraction of sp³-hybridized carbons (Fsp3) is 0.375. The number of hydrogen-bond donors (Lipinski definition) is 0. The molecular weight excluding hydrogens is 304 g/mol. The summed E-state index contributed by atoms with van der Waals surface area (Å²) in [6.45, 7) is 3.56. The number of ether oxygens (including phenoxy) is 1. The quantitative estimate of drug-likeness (QED) is 0.865. The molecule has 5 nitrogen and oxygen atoms in total. The molecule has 0 radical (unpaired) electrons. The van der Waals surface area contributed by atoms with E-state index in [9.17, 15) is 4.79 Å². The van der Waals surface area contributed by atoms with Gasteiger partial charge in [-0.1, -0.05) is 22.8 Å². The van der Waals surface area contributed by atoms with Crippen LogP contribution in [0.25, 0.3) is 0 Å². The first-order valence-electron chi connectivity index (χ1n) is 7.28. The van der Waals surface area contributed by atoms with E-state index in [0.717, 1.165) is 25.9 Å². The normalized spacial score (nSPS) is 14.4. The predicted octanol–water partition coefficient (Wildman–Crippen LogP) is 3.45. The largest absolute Gasteiger partial charge is 0.489 e. The molecule has 2 aromatic rings. The fourth-order valence-corrected chi connectivity index (χ4v) is 2.69. The van der Waals surface area contributed by atoms with Crippen LogP contribution in [0.15, 0.2) is 28.8 Å². The minimum atomic E-state index is -0.0842. The summed E-state index contributed by atoms with van der Waals surface area (Å²) in [5.41, 5.74) is 1.04. The van der Waals surface area contributed by atoms with Crippen molar-refractivity contribution >= 4 is 17.5 Å². The molecule has 0 saturated carbocycles. The van der Waals surface area contributed by atoms with Crippen LogP contribution in [-0.2, 0) is 6.61 Å². The minimum Gasteiger partial charge on any atom is -0.489 e. The maximum absolute atomic E-state index is 12.5. The molecule has 116 valence electrons. The summed E-state index contributed by atoms with van der Waals surface area (Å²) < 4.78 is 10.9. The fourth-order valence-electron chi connectivity index (χ4n) is 2.51. The summed E-state index contributed by atoms with van der Waals surface area (Å²) in [7, 11) is 0. The number of carbonyl (C=O) groups excluding carboxylic acids is 1. The summed E-state index contributed by atoms with van der Waals surface area (Å²) >= 11 is 5.93. The lowest BCUT2D eigenvalue weighted by atomic mass is 10.2.